The van der Waals surface area contributed by atoms with Gasteiger partial charge in [-0.15, -0.1) is 0 Å². The van der Waals surface area contributed by atoms with Gasteiger partial charge in [-0.1, -0.05) is 0 Å². The van der Waals surface area contributed by atoms with E-state index in [-0.39, 0.29) is 17.8 Å². The molecule has 2 atom stereocenters. The molecule has 0 saturated heterocycles. The minimum absolute atomic E-state index is 0.144. The summed E-state index contributed by atoms with van der Waals surface area (Å²) < 4.78 is 27.4. The van der Waals surface area contributed by atoms with Gasteiger partial charge in [0.25, 0.3) is 0 Å². The van der Waals surface area contributed by atoms with E-state index < -0.39 is 15.4 Å². The number of hydrogen-bond donors (Lipinski definition) is 1. The summed E-state index contributed by atoms with van der Waals surface area (Å²) in [5.41, 5.74) is -0.642. The molecule has 1 N–H and O–H groups in total. The Hall–Kier alpha value is -0.660. The predicted molar refractivity (Wildman–Crippen MR) is 78.4 cm³/mol. The lowest BCUT2D eigenvalue weighted by Crippen LogP contribution is -2.57. The molecule has 0 aromatic rings. The Bertz CT molecular complexity index is 438. The topological polar surface area (TPSA) is 75.7 Å². The predicted octanol–water partition coefficient (Wildman–Crippen LogP) is 0.0366. The highest BCUT2D eigenvalue weighted by molar-refractivity contribution is 7.90. The van der Waals surface area contributed by atoms with Gasteiger partial charge in [0.2, 0.25) is 0 Å². The monoisotopic (exact) mass is 306 g/mol. The minimum Gasteiger partial charge on any atom is -0.468 e. The normalized spacial score (nSPS) is 27.6. The van der Waals surface area contributed by atoms with Crippen LogP contribution < -0.4 is 5.32 Å². The van der Waals surface area contributed by atoms with E-state index in [1.807, 2.05) is 11.9 Å². The molecule has 20 heavy (non-hydrogen) atoms. The summed E-state index contributed by atoms with van der Waals surface area (Å²) in [5, 5.41) is 3.11. The van der Waals surface area contributed by atoms with Crippen molar-refractivity contribution in [3.05, 3.63) is 0 Å². The van der Waals surface area contributed by atoms with Gasteiger partial charge in [0.05, 0.1) is 12.9 Å². The first kappa shape index (κ1) is 17.4. The zero-order valence-corrected chi connectivity index (χ0v) is 13.6. The highest BCUT2D eigenvalue weighted by atomic mass is 32.2. The first-order chi connectivity index (χ1) is 9.24. The second-order valence-electron chi connectivity index (χ2n) is 5.68. The number of carbonyl (C=O) groups is 1. The van der Waals surface area contributed by atoms with E-state index in [9.17, 15) is 13.2 Å². The van der Waals surface area contributed by atoms with Gasteiger partial charge in [0.1, 0.15) is 15.4 Å². The van der Waals surface area contributed by atoms with Crippen LogP contribution in [0, 0.1) is 0 Å². The summed E-state index contributed by atoms with van der Waals surface area (Å²) in [6.45, 7) is 0.491. The highest BCUT2D eigenvalue weighted by Crippen LogP contribution is 2.31. The van der Waals surface area contributed by atoms with E-state index in [0.717, 1.165) is 19.3 Å². The molecule has 0 spiro atoms. The van der Waals surface area contributed by atoms with Crippen molar-refractivity contribution in [2.24, 2.45) is 0 Å². The van der Waals surface area contributed by atoms with Crippen molar-refractivity contribution >= 4 is 15.8 Å². The zero-order chi connectivity index (χ0) is 15.4. The van der Waals surface area contributed by atoms with Crippen LogP contribution >= 0.6 is 0 Å². The van der Waals surface area contributed by atoms with E-state index in [0.29, 0.717) is 13.0 Å². The van der Waals surface area contributed by atoms with Gasteiger partial charge in [-0.05, 0) is 39.8 Å². The molecule has 1 aliphatic carbocycles. The summed E-state index contributed by atoms with van der Waals surface area (Å²) in [6.07, 6.45) is 4.54. The van der Waals surface area contributed by atoms with Gasteiger partial charge in [0.15, 0.2) is 0 Å². The second-order valence-corrected chi connectivity index (χ2v) is 7.94. The van der Waals surface area contributed by atoms with Crippen molar-refractivity contribution < 1.29 is 17.9 Å². The fourth-order valence-corrected chi connectivity index (χ4v) is 3.44. The van der Waals surface area contributed by atoms with Gasteiger partial charge >= 0.3 is 5.97 Å². The molecule has 0 aliphatic heterocycles. The van der Waals surface area contributed by atoms with Gasteiger partial charge in [-0.25, -0.2) is 8.42 Å². The lowest BCUT2D eigenvalue weighted by molar-refractivity contribution is -0.150. The highest BCUT2D eigenvalue weighted by Gasteiger charge is 2.43. The minimum atomic E-state index is -2.96. The molecule has 1 saturated carbocycles. The Labute approximate surface area is 121 Å². The quantitative estimate of drug-likeness (QED) is 0.698. The number of likely N-dealkylation sites (N-methyl/N-ethyl adjacent to an activating group) is 1. The van der Waals surface area contributed by atoms with Crippen LogP contribution in [0.25, 0.3) is 0 Å². The lowest BCUT2D eigenvalue weighted by Gasteiger charge is -2.41. The number of carbonyl (C=O) groups excluding carboxylic acids is 1. The lowest BCUT2D eigenvalue weighted by atomic mass is 9.78. The Kier molecular flexibility index (Phi) is 5.97. The summed E-state index contributed by atoms with van der Waals surface area (Å²) in [5.74, 6) is -0.0914. The summed E-state index contributed by atoms with van der Waals surface area (Å²) in [7, 11) is 2.13. The van der Waals surface area contributed by atoms with Crippen molar-refractivity contribution in [3.8, 4) is 0 Å². The third-order valence-corrected chi connectivity index (χ3v) is 5.14. The maximum atomic E-state index is 12.0. The molecule has 0 amide bonds. The van der Waals surface area contributed by atoms with Crippen LogP contribution in [0.1, 0.15) is 25.7 Å². The maximum absolute atomic E-state index is 12.0. The van der Waals surface area contributed by atoms with Gasteiger partial charge in [-0.2, -0.15) is 0 Å². The summed E-state index contributed by atoms with van der Waals surface area (Å²) in [6, 6.07) is 0.192. The number of nitrogens with one attached hydrogen (secondary N) is 1. The number of methoxy groups -OCH3 is 1. The Morgan fingerprint density at radius 2 is 2.15 bits per heavy atom. The molecule has 0 heterocycles. The molecule has 2 unspecified atom stereocenters. The number of ether oxygens (including phenoxy) is 1. The SMILES string of the molecule is CNC1(C(=O)OC)CCCC(N(C)CCS(C)(=O)=O)C1. The smallest absolute Gasteiger partial charge is 0.326 e. The molecule has 0 radical (unpaired) electrons. The third kappa shape index (κ3) is 4.43. The van der Waals surface area contributed by atoms with Crippen LogP contribution in [0.4, 0.5) is 0 Å². The molecule has 7 heteroatoms. The van der Waals surface area contributed by atoms with Gasteiger partial charge in [0, 0.05) is 18.8 Å². The first-order valence-corrected chi connectivity index (χ1v) is 8.95. The Morgan fingerprint density at radius 1 is 1.50 bits per heavy atom. The van der Waals surface area contributed by atoms with Crippen molar-refractivity contribution in [2.45, 2.75) is 37.3 Å². The zero-order valence-electron chi connectivity index (χ0n) is 12.8. The van der Waals surface area contributed by atoms with E-state index in [2.05, 4.69) is 5.32 Å². The Morgan fingerprint density at radius 3 is 2.65 bits per heavy atom. The standard InChI is InChI=1S/C13H26N2O4S/c1-14-13(12(16)19-3)7-5-6-11(10-13)15(2)8-9-20(4,17)18/h11,14H,5-10H2,1-4H3. The van der Waals surface area contributed by atoms with E-state index in [4.69, 9.17) is 4.74 Å². The van der Waals surface area contributed by atoms with E-state index in [1.54, 1.807) is 7.05 Å². The van der Waals surface area contributed by atoms with Crippen molar-refractivity contribution in [3.63, 3.8) is 0 Å². The largest absolute Gasteiger partial charge is 0.468 e. The van der Waals surface area contributed by atoms with Crippen molar-refractivity contribution in [1.29, 1.82) is 0 Å². The fourth-order valence-electron chi connectivity index (χ4n) is 2.82. The summed E-state index contributed by atoms with van der Waals surface area (Å²) >= 11 is 0. The third-order valence-electron chi connectivity index (χ3n) is 4.22. The maximum Gasteiger partial charge on any atom is 0.326 e. The number of sulfone groups is 1. The number of hydrogen-bond acceptors (Lipinski definition) is 6. The van der Waals surface area contributed by atoms with Crippen LogP contribution in [0.3, 0.4) is 0 Å². The van der Waals surface area contributed by atoms with Crippen LogP contribution in [-0.2, 0) is 19.4 Å². The first-order valence-electron chi connectivity index (χ1n) is 6.89. The molecule has 0 aromatic carbocycles. The summed E-state index contributed by atoms with van der Waals surface area (Å²) in [4.78, 5) is 14.0. The molecule has 6 nitrogen and oxygen atoms in total. The van der Waals surface area contributed by atoms with Crippen molar-refractivity contribution in [2.75, 3.05) is 39.8 Å². The van der Waals surface area contributed by atoms with Crippen LogP contribution in [0.5, 0.6) is 0 Å². The Balaban J connectivity index is 2.70. The average Bonchev–Trinajstić information content (AvgIpc) is 2.42. The average molecular weight is 306 g/mol. The molecule has 1 aliphatic rings. The molecule has 1 fully saturated rings. The van der Waals surface area contributed by atoms with Crippen LogP contribution in [-0.4, -0.2) is 70.6 Å². The molecule has 118 valence electrons. The van der Waals surface area contributed by atoms with Gasteiger partial charge < -0.3 is 15.0 Å². The van der Waals surface area contributed by atoms with Crippen LogP contribution in [0.2, 0.25) is 0 Å². The number of rotatable bonds is 6. The van der Waals surface area contributed by atoms with Crippen molar-refractivity contribution in [1.82, 2.24) is 10.2 Å². The molecule has 1 rings (SSSR count). The van der Waals surface area contributed by atoms with Crippen LogP contribution in [0.15, 0.2) is 0 Å². The fraction of sp³-hybridized carbons (Fsp3) is 0.923. The van der Waals surface area contributed by atoms with E-state index in [1.165, 1.54) is 13.4 Å². The van der Waals surface area contributed by atoms with Gasteiger partial charge in [-0.3, -0.25) is 4.79 Å². The second kappa shape index (κ2) is 6.87. The molecular weight excluding hydrogens is 280 g/mol. The van der Waals surface area contributed by atoms with E-state index >= 15 is 0 Å². The number of nitrogens with zero attached hydrogens (tertiary/aromatic N) is 1. The number of esters is 1. The molecule has 0 bridgehead atoms. The molecule has 0 aromatic heterocycles. The molecular formula is C13H26N2O4S.